The predicted molar refractivity (Wildman–Crippen MR) is 172 cm³/mol. The minimum Gasteiger partial charge on any atom is -0.555 e. The van der Waals surface area contributed by atoms with E-state index in [1.165, 1.54) is 69.8 Å². The first-order valence-corrected chi connectivity index (χ1v) is 16.7. The van der Waals surface area contributed by atoms with Gasteiger partial charge in [0.25, 0.3) is 0 Å². The zero-order valence-electron chi connectivity index (χ0n) is 27.9. The van der Waals surface area contributed by atoms with Crippen molar-refractivity contribution in [2.45, 2.75) is 161 Å². The Hall–Kier alpha value is -1.60. The molecule has 4 fully saturated rings. The minimum absolute atomic E-state index is 0.462. The normalized spacial score (nSPS) is 26.5. The minimum atomic E-state index is -2.10. The first-order chi connectivity index (χ1) is 19.7. The zero-order valence-corrected chi connectivity index (χ0v) is 27.9. The Kier molecular flexibility index (Phi) is 8.88. The van der Waals surface area contributed by atoms with Crippen LogP contribution in [0.1, 0.15) is 137 Å². The van der Waals surface area contributed by atoms with Crippen LogP contribution < -0.4 is 10.3 Å². The lowest BCUT2D eigenvalue weighted by Crippen LogP contribution is -2.76. The molecule has 2 aliphatic heterocycles. The maximum atomic E-state index is 7.18. The monoisotopic (exact) mass is 578 g/mol. The molecule has 0 radical (unpaired) electrons. The largest absolute Gasteiger partial charge is 0.555 e. The van der Waals surface area contributed by atoms with E-state index in [-0.39, 0.29) is 0 Å². The van der Waals surface area contributed by atoms with Crippen molar-refractivity contribution >= 4 is 19.2 Å². The molecule has 42 heavy (non-hydrogen) atoms. The van der Waals surface area contributed by atoms with Crippen LogP contribution in [0.2, 0.25) is 0 Å². The molecule has 0 atom stereocenters. The van der Waals surface area contributed by atoms with Crippen molar-refractivity contribution in [2.75, 3.05) is 0 Å². The first kappa shape index (κ1) is 31.8. The summed E-state index contributed by atoms with van der Waals surface area (Å²) in [6.45, 7) is 19.2. The Morgan fingerprint density at radius 1 is 0.714 bits per heavy atom. The lowest BCUT2D eigenvalue weighted by atomic mass is 9.27. The van der Waals surface area contributed by atoms with E-state index in [9.17, 15) is 0 Å². The number of hydrogen-bond acceptors (Lipinski definition) is 4. The molecule has 0 unspecified atom stereocenters. The lowest BCUT2D eigenvalue weighted by molar-refractivity contribution is -0.710. The van der Waals surface area contributed by atoms with E-state index in [1.807, 2.05) is 18.2 Å². The van der Waals surface area contributed by atoms with Crippen LogP contribution in [0.3, 0.4) is 0 Å². The molecule has 2 saturated carbocycles. The number of aryl methyl sites for hydroxylation is 1. The van der Waals surface area contributed by atoms with Crippen LogP contribution in [0.15, 0.2) is 42.7 Å². The van der Waals surface area contributed by atoms with Gasteiger partial charge in [-0.05, 0) is 114 Å². The highest BCUT2D eigenvalue weighted by Crippen LogP contribution is 2.47. The summed E-state index contributed by atoms with van der Waals surface area (Å²) in [6.07, 6.45) is 15.1. The van der Waals surface area contributed by atoms with Gasteiger partial charge < -0.3 is 18.6 Å². The maximum Gasteiger partial charge on any atom is 0.390 e. The molecular formula is C34H56B2N2O4. The first-order valence-electron chi connectivity index (χ1n) is 16.7. The summed E-state index contributed by atoms with van der Waals surface area (Å²) < 4.78 is 32.9. The van der Waals surface area contributed by atoms with E-state index in [0.717, 1.165) is 5.72 Å². The van der Waals surface area contributed by atoms with E-state index >= 15 is 0 Å². The number of aromatic nitrogens is 2. The van der Waals surface area contributed by atoms with E-state index < -0.39 is 35.9 Å². The molecular weight excluding hydrogens is 522 g/mol. The molecule has 6 rings (SSSR count). The van der Waals surface area contributed by atoms with Gasteiger partial charge in [0.15, 0.2) is 0 Å². The molecule has 6 nitrogen and oxygen atoms in total. The molecule has 3 heterocycles. The van der Waals surface area contributed by atoms with Crippen LogP contribution in [-0.2, 0) is 18.6 Å². The zero-order chi connectivity index (χ0) is 30.4. The van der Waals surface area contributed by atoms with Gasteiger partial charge in [-0.25, -0.2) is 0 Å². The third kappa shape index (κ3) is 5.90. The van der Waals surface area contributed by atoms with Gasteiger partial charge in [-0.3, -0.25) is 9.13 Å². The van der Waals surface area contributed by atoms with Crippen LogP contribution in [0.5, 0.6) is 0 Å². The van der Waals surface area contributed by atoms with Crippen molar-refractivity contribution < 1.29 is 23.2 Å². The quantitative estimate of drug-likeness (QED) is 0.284. The summed E-state index contributed by atoms with van der Waals surface area (Å²) in [6, 6.07) is 11.2. The number of rotatable bonds is 4. The molecule has 1 aromatic heterocycles. The van der Waals surface area contributed by atoms with E-state index in [0.29, 0.717) is 12.1 Å². The molecule has 0 N–H and O–H groups in total. The van der Waals surface area contributed by atoms with Gasteiger partial charge in [-0.15, -0.1) is 0 Å². The van der Waals surface area contributed by atoms with Gasteiger partial charge in [0.1, 0.15) is 18.1 Å². The van der Waals surface area contributed by atoms with Crippen LogP contribution in [0.4, 0.5) is 0 Å². The van der Waals surface area contributed by atoms with Gasteiger partial charge in [0.05, 0.1) is 23.3 Å². The second kappa shape index (κ2) is 11.7. The predicted octanol–water partition coefficient (Wildman–Crippen LogP) is 7.20. The van der Waals surface area contributed by atoms with Gasteiger partial charge >= 0.3 is 13.5 Å². The molecule has 0 amide bonds. The Morgan fingerprint density at radius 2 is 1.21 bits per heavy atom. The Morgan fingerprint density at radius 3 is 1.69 bits per heavy atom. The average molecular weight is 578 g/mol. The van der Waals surface area contributed by atoms with Crippen molar-refractivity contribution in [3.05, 3.63) is 48.3 Å². The Balaban J connectivity index is 0.000000442. The molecule has 1 aromatic carbocycles. The number of hydrogen-bond donors (Lipinski definition) is 0. The fourth-order valence-electron chi connectivity index (χ4n) is 7.30. The molecule has 2 aromatic rings. The molecule has 8 heteroatoms. The van der Waals surface area contributed by atoms with Crippen molar-refractivity contribution in [1.29, 1.82) is 0 Å². The van der Waals surface area contributed by atoms with Gasteiger partial charge in [0, 0.05) is 11.2 Å². The van der Waals surface area contributed by atoms with Crippen molar-refractivity contribution in [3.8, 4) is 0 Å². The second-order valence-corrected chi connectivity index (χ2v) is 15.4. The topological polar surface area (TPSA) is 45.7 Å². The molecule has 232 valence electrons. The molecule has 0 spiro atoms. The van der Waals surface area contributed by atoms with Crippen LogP contribution in [-0.4, -0.2) is 40.4 Å². The lowest BCUT2D eigenvalue weighted by Gasteiger charge is -2.39. The molecule has 2 saturated heterocycles. The molecule has 2 aliphatic carbocycles. The third-order valence-corrected chi connectivity index (χ3v) is 11.2. The molecule has 0 bridgehead atoms. The summed E-state index contributed by atoms with van der Waals surface area (Å²) >= 11 is 0. The number of benzene rings is 1. The maximum absolute atomic E-state index is 7.18. The van der Waals surface area contributed by atoms with Crippen molar-refractivity contribution in [2.24, 2.45) is 0 Å². The Labute approximate surface area is 256 Å². The van der Waals surface area contributed by atoms with E-state index in [1.54, 1.807) is 0 Å². The van der Waals surface area contributed by atoms with Crippen LogP contribution in [0.25, 0.3) is 0 Å². The smallest absolute Gasteiger partial charge is 0.390 e. The average Bonchev–Trinajstić information content (AvgIpc) is 3.54. The van der Waals surface area contributed by atoms with Crippen LogP contribution >= 0.6 is 0 Å². The summed E-state index contributed by atoms with van der Waals surface area (Å²) in [5.74, 6) is 0. The fourth-order valence-corrected chi connectivity index (χ4v) is 7.30. The standard InChI is InChI=1S/C27H48B2N2O4.C7H8/c1-24(2)25(3,4)33-28(32-24)29(34-26(5,6)27(7,8)35-29)23-30(21-15-11-9-12-16-21)19-20-31(23)22-17-13-10-14-18-22;1-7-5-3-2-4-6-7/h19-22H,9-18H2,1-8H3;2-6H,1H3. The highest BCUT2D eigenvalue weighted by Gasteiger charge is 2.68. The summed E-state index contributed by atoms with van der Waals surface area (Å²) in [4.78, 5) is 0. The van der Waals surface area contributed by atoms with E-state index in [2.05, 4.69) is 96.0 Å². The van der Waals surface area contributed by atoms with E-state index in [4.69, 9.17) is 18.6 Å². The number of nitrogens with zero attached hydrogens (tertiary/aromatic N) is 2. The van der Waals surface area contributed by atoms with Crippen LogP contribution in [0, 0.1) is 6.92 Å². The van der Waals surface area contributed by atoms with Crippen molar-refractivity contribution in [1.82, 2.24) is 4.57 Å². The van der Waals surface area contributed by atoms with Gasteiger partial charge in [-0.1, -0.05) is 48.7 Å². The fraction of sp³-hybridized carbons (Fsp3) is 0.735. The second-order valence-electron chi connectivity index (χ2n) is 15.4. The van der Waals surface area contributed by atoms with Gasteiger partial charge in [-0.2, -0.15) is 0 Å². The highest BCUT2D eigenvalue weighted by molar-refractivity contribution is 7.28. The Bertz CT molecular complexity index is 1130. The summed E-state index contributed by atoms with van der Waals surface area (Å²) in [5.41, 5.74) is 0.538. The van der Waals surface area contributed by atoms with Crippen molar-refractivity contribution in [3.63, 3.8) is 0 Å². The van der Waals surface area contributed by atoms with Gasteiger partial charge in [0.2, 0.25) is 0 Å². The summed E-state index contributed by atoms with van der Waals surface area (Å²) in [7, 11) is -0.604. The summed E-state index contributed by atoms with van der Waals surface area (Å²) in [5, 5.41) is 0. The SMILES string of the molecule is CC1(C)OB([B-]2(c3n(C4CCCCC4)cc[n+]3C3CCCCC3)OC(C)(C)C(C)(C)O2)OC1(C)C.Cc1ccccc1. The molecule has 4 aliphatic rings. The highest BCUT2D eigenvalue weighted by atomic mass is 16.7. The third-order valence-electron chi connectivity index (χ3n) is 11.2. The number of imidazole rings is 1.